The van der Waals surface area contributed by atoms with Gasteiger partial charge in [-0.3, -0.25) is 0 Å². The van der Waals surface area contributed by atoms with Crippen LogP contribution in [0.4, 0.5) is 33.4 Å². The van der Waals surface area contributed by atoms with Crippen molar-refractivity contribution in [1.82, 2.24) is 0 Å². The van der Waals surface area contributed by atoms with Crippen LogP contribution in [0.1, 0.15) is 188 Å². The van der Waals surface area contributed by atoms with Gasteiger partial charge in [-0.05, 0) is 173 Å². The fraction of sp³-hybridized carbons (Fsp3) is 0.475. The lowest BCUT2D eigenvalue weighted by Gasteiger charge is -2.50. The minimum Gasteiger partial charge on any atom is -0.311 e. The van der Waals surface area contributed by atoms with E-state index in [1.807, 2.05) is 11.3 Å². The Morgan fingerprint density at radius 2 is 1.02 bits per heavy atom. The highest BCUT2D eigenvalue weighted by atomic mass is 32.1. The predicted octanol–water partition coefficient (Wildman–Crippen LogP) is 15.9. The summed E-state index contributed by atoms with van der Waals surface area (Å²) in [5, 5.41) is 2.76. The van der Waals surface area contributed by atoms with Crippen molar-refractivity contribution in [3.8, 4) is 0 Å². The second kappa shape index (κ2) is 13.9. The summed E-state index contributed by atoms with van der Waals surface area (Å²) >= 11 is 1.99. The van der Waals surface area contributed by atoms with Crippen LogP contribution in [0.2, 0.25) is 0 Å². The van der Waals surface area contributed by atoms with Gasteiger partial charge in [0.2, 0.25) is 0 Å². The molecule has 0 N–H and O–H groups in total. The van der Waals surface area contributed by atoms with Gasteiger partial charge in [-0.2, -0.15) is 0 Å². The molecule has 2 nitrogen and oxygen atoms in total. The number of fused-ring (bicyclic) bond motifs is 9. The zero-order valence-corrected chi connectivity index (χ0v) is 44.0. The zero-order valence-electron chi connectivity index (χ0n) is 43.2. The molecule has 0 spiro atoms. The highest BCUT2D eigenvalue weighted by Crippen LogP contribution is 2.57. The van der Waals surface area contributed by atoms with E-state index in [2.05, 4.69) is 213 Å². The zero-order chi connectivity index (χ0) is 46.9. The van der Waals surface area contributed by atoms with Crippen LogP contribution in [0.15, 0.2) is 78.9 Å². The topological polar surface area (TPSA) is 6.48 Å². The van der Waals surface area contributed by atoms with Crippen LogP contribution in [-0.4, -0.2) is 6.71 Å². The number of aryl methyl sites for hydroxylation is 1. The second-order valence-electron chi connectivity index (χ2n) is 26.5. The average Bonchev–Trinajstić information content (AvgIpc) is 3.58. The molecule has 3 heterocycles. The number of rotatable bonds is 2. The van der Waals surface area contributed by atoms with E-state index in [0.29, 0.717) is 0 Å². The molecule has 0 saturated heterocycles. The normalized spacial score (nSPS) is 19.1. The average molecular weight is 879 g/mol. The molecule has 65 heavy (non-hydrogen) atoms. The molecule has 2 aliphatic carbocycles. The SMILES string of the molecule is Cc1cc2c(cc1N1c3cc(C(C)(C)C)cc4c3B(c3ccc5c(c31)C(C)(C)CCC5(C)C)c1c(sc3ccc(C(C)(C)C)cc13)N4c1ccc(C(C)(C)C)cc1)C(C)(C)CCC2(C)C. The first-order chi connectivity index (χ1) is 30.0. The Bertz CT molecular complexity index is 2950. The monoisotopic (exact) mass is 879 g/mol. The van der Waals surface area contributed by atoms with Crippen molar-refractivity contribution < 1.29 is 0 Å². The number of hydrogen-bond donors (Lipinski definition) is 0. The highest BCUT2D eigenvalue weighted by Gasteiger charge is 2.50. The van der Waals surface area contributed by atoms with Gasteiger partial charge in [0.15, 0.2) is 0 Å². The van der Waals surface area contributed by atoms with Crippen molar-refractivity contribution in [2.75, 3.05) is 9.80 Å². The minimum atomic E-state index is -0.0922. The van der Waals surface area contributed by atoms with Gasteiger partial charge in [0.25, 0.3) is 6.71 Å². The van der Waals surface area contributed by atoms with Crippen LogP contribution in [0.3, 0.4) is 0 Å². The molecule has 0 unspecified atom stereocenters. The molecule has 5 aromatic carbocycles. The number of anilines is 6. The summed E-state index contributed by atoms with van der Waals surface area (Å²) in [6, 6.07) is 32.6. The van der Waals surface area contributed by atoms with Crippen LogP contribution in [0.5, 0.6) is 0 Å². The molecule has 338 valence electrons. The Balaban J connectivity index is 1.40. The molecule has 0 atom stereocenters. The van der Waals surface area contributed by atoms with Crippen molar-refractivity contribution in [2.24, 2.45) is 0 Å². The molecule has 6 aromatic rings. The van der Waals surface area contributed by atoms with Crippen molar-refractivity contribution in [3.05, 3.63) is 123 Å². The lowest BCUT2D eigenvalue weighted by molar-refractivity contribution is 0.331. The van der Waals surface area contributed by atoms with Crippen LogP contribution in [-0.2, 0) is 37.9 Å². The van der Waals surface area contributed by atoms with Crippen molar-refractivity contribution >= 4 is 78.0 Å². The highest BCUT2D eigenvalue weighted by molar-refractivity contribution is 7.26. The van der Waals surface area contributed by atoms with E-state index in [0.717, 1.165) is 6.42 Å². The van der Waals surface area contributed by atoms with Gasteiger partial charge in [0, 0.05) is 33.1 Å². The Morgan fingerprint density at radius 1 is 0.492 bits per heavy atom. The van der Waals surface area contributed by atoms with Crippen LogP contribution < -0.4 is 26.2 Å². The molecule has 4 heteroatoms. The van der Waals surface area contributed by atoms with Crippen molar-refractivity contribution in [1.29, 1.82) is 0 Å². The Hall–Kier alpha value is -4.28. The second-order valence-corrected chi connectivity index (χ2v) is 27.5. The molecule has 0 fully saturated rings. The van der Waals surface area contributed by atoms with E-state index < -0.39 is 0 Å². The number of hydrogen-bond acceptors (Lipinski definition) is 3. The maximum Gasteiger partial charge on any atom is 0.254 e. The fourth-order valence-corrected chi connectivity index (χ4v) is 13.5. The van der Waals surface area contributed by atoms with Crippen molar-refractivity contribution in [2.45, 2.75) is 188 Å². The summed E-state index contributed by atoms with van der Waals surface area (Å²) in [4.78, 5) is 5.50. The van der Waals surface area contributed by atoms with Gasteiger partial charge in [0.1, 0.15) is 0 Å². The van der Waals surface area contributed by atoms with E-state index in [4.69, 9.17) is 0 Å². The van der Waals surface area contributed by atoms with Crippen LogP contribution in [0, 0.1) is 6.92 Å². The van der Waals surface area contributed by atoms with Gasteiger partial charge < -0.3 is 9.80 Å². The Labute approximate surface area is 397 Å². The molecule has 0 amide bonds. The van der Waals surface area contributed by atoms with E-state index >= 15 is 0 Å². The van der Waals surface area contributed by atoms with E-state index in [9.17, 15) is 0 Å². The number of benzene rings is 5. The lowest BCUT2D eigenvalue weighted by atomic mass is 9.33. The third-order valence-corrected chi connectivity index (χ3v) is 17.9. The predicted molar refractivity (Wildman–Crippen MR) is 287 cm³/mol. The van der Waals surface area contributed by atoms with Crippen LogP contribution >= 0.6 is 11.3 Å². The quantitative estimate of drug-likeness (QED) is 0.160. The van der Waals surface area contributed by atoms with Crippen LogP contribution in [0.25, 0.3) is 10.1 Å². The number of thiophene rings is 1. The maximum absolute atomic E-state index is 2.83. The lowest BCUT2D eigenvalue weighted by Crippen LogP contribution is -2.62. The molecule has 0 saturated carbocycles. The third kappa shape index (κ3) is 6.75. The maximum atomic E-state index is 2.83. The van der Waals surface area contributed by atoms with E-state index in [1.165, 1.54) is 118 Å². The first kappa shape index (κ1) is 44.6. The first-order valence-electron chi connectivity index (χ1n) is 24.8. The van der Waals surface area contributed by atoms with Gasteiger partial charge in [0.05, 0.1) is 5.00 Å². The molecule has 1 aromatic heterocycles. The molecule has 4 aliphatic rings. The third-order valence-electron chi connectivity index (χ3n) is 16.8. The Morgan fingerprint density at radius 3 is 1.60 bits per heavy atom. The molecule has 0 bridgehead atoms. The van der Waals surface area contributed by atoms with Gasteiger partial charge in [-0.25, -0.2) is 0 Å². The summed E-state index contributed by atoms with van der Waals surface area (Å²) in [6.45, 7) is 43.8. The van der Waals surface area contributed by atoms with Gasteiger partial charge >= 0.3 is 0 Å². The van der Waals surface area contributed by atoms with E-state index in [1.54, 1.807) is 5.56 Å². The van der Waals surface area contributed by atoms with Gasteiger partial charge in [-0.1, -0.05) is 160 Å². The minimum absolute atomic E-state index is 0.0196. The van der Waals surface area contributed by atoms with E-state index in [-0.39, 0.29) is 44.6 Å². The Kier molecular flexibility index (Phi) is 9.53. The summed E-state index contributed by atoms with van der Waals surface area (Å²) in [7, 11) is 0. The fourth-order valence-electron chi connectivity index (χ4n) is 12.2. The molecule has 0 radical (unpaired) electrons. The van der Waals surface area contributed by atoms with Gasteiger partial charge in [-0.15, -0.1) is 11.3 Å². The summed E-state index contributed by atoms with van der Waals surface area (Å²) in [5.41, 5.74) is 22.9. The largest absolute Gasteiger partial charge is 0.311 e. The first-order valence-corrected chi connectivity index (χ1v) is 25.6. The summed E-state index contributed by atoms with van der Waals surface area (Å²) in [6.07, 6.45) is 4.74. The molecular weight excluding hydrogens is 804 g/mol. The standard InChI is InChI=1S/C61H75BN2S/c1-36-31-43-44(60(15,16)28-27-59(43,13)14)35-46(36)64-48-34-39(57(8,9)10)33-47-52(48)62(45-25-24-42-50(53(45)64)61(17,18)30-29-58(42,11)12)51-41-32-38(56(5,6)7)21-26-49(41)65-54(51)63(47)40-22-19-37(20-23-40)55(2,3)4/h19-26,31-35H,27-30H2,1-18H3. The molecule has 10 rings (SSSR count). The molecule has 2 aliphatic heterocycles. The van der Waals surface area contributed by atoms with Crippen molar-refractivity contribution in [3.63, 3.8) is 0 Å². The molecular formula is C61H75BN2S. The smallest absolute Gasteiger partial charge is 0.254 e. The summed E-state index contributed by atoms with van der Waals surface area (Å²) < 4.78 is 1.36. The number of nitrogens with zero attached hydrogens (tertiary/aromatic N) is 2. The summed E-state index contributed by atoms with van der Waals surface area (Å²) in [5.74, 6) is 0.